The first-order chi connectivity index (χ1) is 9.38. The van der Waals surface area contributed by atoms with Crippen LogP contribution in [0.2, 0.25) is 0 Å². The van der Waals surface area contributed by atoms with Gasteiger partial charge < -0.3 is 14.4 Å². The highest BCUT2D eigenvalue weighted by atomic mass is 79.9. The van der Waals surface area contributed by atoms with Gasteiger partial charge in [-0.05, 0) is 35.0 Å². The Bertz CT molecular complexity index is 769. The van der Waals surface area contributed by atoms with Crippen LogP contribution >= 0.6 is 15.9 Å². The van der Waals surface area contributed by atoms with Gasteiger partial charge in [-0.25, -0.2) is 9.18 Å². The van der Waals surface area contributed by atoms with Gasteiger partial charge in [0.05, 0.1) is 16.6 Å². The number of hydrogen-bond donors (Lipinski definition) is 1. The van der Waals surface area contributed by atoms with E-state index in [9.17, 15) is 19.1 Å². The average Bonchev–Trinajstić information content (AvgIpc) is 2.39. The van der Waals surface area contributed by atoms with Gasteiger partial charge in [0.1, 0.15) is 11.6 Å². The molecular weight excluding hydrogens is 333 g/mol. The number of pyridine rings is 1. The van der Waals surface area contributed by atoms with E-state index in [2.05, 4.69) is 15.9 Å². The van der Waals surface area contributed by atoms with E-state index in [4.69, 9.17) is 4.74 Å². The van der Waals surface area contributed by atoms with Gasteiger partial charge in [-0.2, -0.15) is 0 Å². The summed E-state index contributed by atoms with van der Waals surface area (Å²) >= 11 is 3.00. The van der Waals surface area contributed by atoms with Crippen LogP contribution < -0.4 is 5.56 Å². The molecule has 7 heteroatoms. The maximum atomic E-state index is 13.5. The Kier molecular flexibility index (Phi) is 3.80. The zero-order valence-electron chi connectivity index (χ0n) is 10.7. The number of aryl methyl sites for hydroxylation is 1. The molecular formula is C13H11BrFNO4. The van der Waals surface area contributed by atoms with Crippen LogP contribution in [0.25, 0.3) is 10.9 Å². The Morgan fingerprint density at radius 1 is 1.50 bits per heavy atom. The number of rotatable bonds is 2. The summed E-state index contributed by atoms with van der Waals surface area (Å²) < 4.78 is 19.5. The third kappa shape index (κ3) is 2.18. The molecule has 0 radical (unpaired) electrons. The molecule has 106 valence electrons. The first-order valence-corrected chi connectivity index (χ1v) is 6.55. The summed E-state index contributed by atoms with van der Waals surface area (Å²) in [4.78, 5) is 23.8. The van der Waals surface area contributed by atoms with Crippen molar-refractivity contribution in [3.8, 4) is 5.75 Å². The summed E-state index contributed by atoms with van der Waals surface area (Å²) in [6.45, 7) is 1.67. The van der Waals surface area contributed by atoms with Crippen molar-refractivity contribution in [1.82, 2.24) is 4.57 Å². The normalized spacial score (nSPS) is 10.8. The van der Waals surface area contributed by atoms with Crippen molar-refractivity contribution in [1.29, 1.82) is 0 Å². The van der Waals surface area contributed by atoms with Gasteiger partial charge in [0.15, 0.2) is 5.56 Å². The van der Waals surface area contributed by atoms with Gasteiger partial charge >= 0.3 is 5.97 Å². The van der Waals surface area contributed by atoms with Crippen molar-refractivity contribution in [2.45, 2.75) is 6.92 Å². The molecule has 0 aliphatic rings. The van der Waals surface area contributed by atoms with Crippen molar-refractivity contribution in [3.63, 3.8) is 0 Å². The monoisotopic (exact) mass is 343 g/mol. The highest BCUT2D eigenvalue weighted by Crippen LogP contribution is 2.30. The maximum Gasteiger partial charge on any atom is 0.347 e. The molecule has 1 aromatic carbocycles. The molecule has 1 aromatic heterocycles. The lowest BCUT2D eigenvalue weighted by atomic mass is 10.1. The summed E-state index contributed by atoms with van der Waals surface area (Å²) in [5, 5.41) is 10.3. The Morgan fingerprint density at radius 3 is 2.75 bits per heavy atom. The number of benzene rings is 1. The first kappa shape index (κ1) is 14.5. The molecule has 1 heterocycles. The third-order valence-electron chi connectivity index (χ3n) is 2.89. The average molecular weight is 344 g/mol. The number of hydrogen-bond acceptors (Lipinski definition) is 4. The van der Waals surface area contributed by atoms with E-state index in [-0.39, 0.29) is 22.0 Å². The maximum absolute atomic E-state index is 13.5. The fourth-order valence-electron chi connectivity index (χ4n) is 1.90. The highest BCUT2D eigenvalue weighted by molar-refractivity contribution is 9.10. The van der Waals surface area contributed by atoms with E-state index in [1.807, 2.05) is 0 Å². The number of carbonyl (C=O) groups is 1. The van der Waals surface area contributed by atoms with Gasteiger partial charge in [0, 0.05) is 12.4 Å². The van der Waals surface area contributed by atoms with Crippen LogP contribution in [0, 0.1) is 5.82 Å². The highest BCUT2D eigenvalue weighted by Gasteiger charge is 2.23. The number of ether oxygens (including phenoxy) is 1. The molecule has 0 aliphatic carbocycles. The fourth-order valence-corrected chi connectivity index (χ4v) is 2.25. The largest absolute Gasteiger partial charge is 0.506 e. The molecule has 20 heavy (non-hydrogen) atoms. The first-order valence-electron chi connectivity index (χ1n) is 5.76. The third-order valence-corrected chi connectivity index (χ3v) is 3.50. The Morgan fingerprint density at radius 2 is 2.15 bits per heavy atom. The minimum Gasteiger partial charge on any atom is -0.506 e. The Labute approximate surface area is 121 Å². The van der Waals surface area contributed by atoms with Crippen molar-refractivity contribution in [2.24, 2.45) is 7.05 Å². The quantitative estimate of drug-likeness (QED) is 0.849. The predicted octanol–water partition coefficient (Wildman–Crippen LogP) is 2.32. The smallest absolute Gasteiger partial charge is 0.347 e. The molecule has 0 spiro atoms. The minimum atomic E-state index is -0.909. The molecule has 5 nitrogen and oxygen atoms in total. The summed E-state index contributed by atoms with van der Waals surface area (Å²) in [5.74, 6) is -1.99. The SMILES string of the molecule is CCOC(=O)c1c(O)c2cc(Br)c(F)cc2n(C)c1=O. The molecule has 0 atom stereocenters. The second-order valence-corrected chi connectivity index (χ2v) is 4.95. The van der Waals surface area contributed by atoms with Crippen LogP contribution in [0.1, 0.15) is 17.3 Å². The number of nitrogens with zero attached hydrogens (tertiary/aromatic N) is 1. The van der Waals surface area contributed by atoms with Gasteiger partial charge in [-0.1, -0.05) is 0 Å². The van der Waals surface area contributed by atoms with E-state index < -0.39 is 28.7 Å². The molecule has 0 amide bonds. The van der Waals surface area contributed by atoms with E-state index in [0.29, 0.717) is 0 Å². The molecule has 2 aromatic rings. The number of aromatic nitrogens is 1. The van der Waals surface area contributed by atoms with Crippen LogP contribution in [0.3, 0.4) is 0 Å². The summed E-state index contributed by atoms with van der Waals surface area (Å²) in [7, 11) is 1.39. The van der Waals surface area contributed by atoms with Gasteiger partial charge in [0.2, 0.25) is 0 Å². The van der Waals surface area contributed by atoms with Crippen molar-refractivity contribution < 1.29 is 19.0 Å². The van der Waals surface area contributed by atoms with Gasteiger partial charge in [-0.15, -0.1) is 0 Å². The molecule has 2 rings (SSSR count). The molecule has 0 fully saturated rings. The lowest BCUT2D eigenvalue weighted by Gasteiger charge is -2.11. The molecule has 1 N–H and O–H groups in total. The summed E-state index contributed by atoms with van der Waals surface area (Å²) in [5.41, 5.74) is -1.02. The fraction of sp³-hybridized carbons (Fsp3) is 0.231. The second-order valence-electron chi connectivity index (χ2n) is 4.09. The van der Waals surface area contributed by atoms with E-state index in [1.165, 1.54) is 13.1 Å². The Hall–Kier alpha value is -1.89. The standard InChI is InChI=1S/C13H11BrFNO4/c1-3-20-13(19)10-11(17)6-4-7(14)8(15)5-9(6)16(2)12(10)18/h4-5,17H,3H2,1-2H3. The van der Waals surface area contributed by atoms with Crippen molar-refractivity contribution in [2.75, 3.05) is 6.61 Å². The number of esters is 1. The summed E-state index contributed by atoms with van der Waals surface area (Å²) in [6.07, 6.45) is 0. The van der Waals surface area contributed by atoms with Crippen LogP contribution in [-0.4, -0.2) is 22.2 Å². The van der Waals surface area contributed by atoms with E-state index >= 15 is 0 Å². The number of aromatic hydroxyl groups is 1. The zero-order chi connectivity index (χ0) is 15.0. The number of halogens is 2. The summed E-state index contributed by atoms with van der Waals surface area (Å²) in [6, 6.07) is 2.41. The second kappa shape index (κ2) is 5.24. The minimum absolute atomic E-state index is 0.0760. The Balaban J connectivity index is 2.89. The topological polar surface area (TPSA) is 68.5 Å². The van der Waals surface area contributed by atoms with Crippen molar-refractivity contribution in [3.05, 3.63) is 38.3 Å². The lowest BCUT2D eigenvalue weighted by Crippen LogP contribution is -2.26. The molecule has 0 unspecified atom stereocenters. The number of carbonyl (C=O) groups excluding carboxylic acids is 1. The van der Waals surface area contributed by atoms with E-state index in [0.717, 1.165) is 10.6 Å². The lowest BCUT2D eigenvalue weighted by molar-refractivity contribution is 0.0520. The van der Waals surface area contributed by atoms with E-state index in [1.54, 1.807) is 6.92 Å². The van der Waals surface area contributed by atoms with Gasteiger partial charge in [-0.3, -0.25) is 4.79 Å². The predicted molar refractivity (Wildman–Crippen MR) is 74.5 cm³/mol. The van der Waals surface area contributed by atoms with Crippen LogP contribution in [-0.2, 0) is 11.8 Å². The molecule has 0 saturated heterocycles. The van der Waals surface area contributed by atoms with Crippen LogP contribution in [0.5, 0.6) is 5.75 Å². The van der Waals surface area contributed by atoms with Crippen LogP contribution in [0.4, 0.5) is 4.39 Å². The van der Waals surface area contributed by atoms with Crippen LogP contribution in [0.15, 0.2) is 21.4 Å². The molecule has 0 bridgehead atoms. The molecule has 0 saturated carbocycles. The van der Waals surface area contributed by atoms with Gasteiger partial charge in [0.25, 0.3) is 5.56 Å². The molecule has 0 aliphatic heterocycles. The van der Waals surface area contributed by atoms with Crippen molar-refractivity contribution >= 4 is 32.8 Å². The zero-order valence-corrected chi connectivity index (χ0v) is 12.3. The number of fused-ring (bicyclic) bond motifs is 1.